The smallest absolute Gasteiger partial charge is 0.196 e. The average Bonchev–Trinajstić information content (AvgIpc) is 3.04. The highest BCUT2D eigenvalue weighted by molar-refractivity contribution is 5.98. The van der Waals surface area contributed by atoms with E-state index in [1.54, 1.807) is 11.8 Å². The van der Waals surface area contributed by atoms with Crippen LogP contribution in [0.25, 0.3) is 0 Å². The van der Waals surface area contributed by atoms with Gasteiger partial charge in [0.05, 0.1) is 31.6 Å². The maximum absolute atomic E-state index is 6.06. The molecule has 2 aromatic rings. The van der Waals surface area contributed by atoms with Gasteiger partial charge in [-0.3, -0.25) is 14.6 Å². The second-order valence-electron chi connectivity index (χ2n) is 4.70. The molecule has 1 unspecified atom stereocenters. The Bertz CT molecular complexity index is 649. The van der Waals surface area contributed by atoms with Gasteiger partial charge in [-0.2, -0.15) is 5.10 Å². The third kappa shape index (κ3) is 1.99. The molecule has 0 amide bonds. The zero-order valence-electron chi connectivity index (χ0n) is 11.5. The summed E-state index contributed by atoms with van der Waals surface area (Å²) in [4.78, 5) is 6.36. The molecule has 0 fully saturated rings. The first-order valence-corrected chi connectivity index (χ1v) is 6.41. The first kappa shape index (κ1) is 12.5. The molecular formula is C14H17N5O. The van der Waals surface area contributed by atoms with Crippen LogP contribution in [-0.4, -0.2) is 29.4 Å². The van der Waals surface area contributed by atoms with Crippen molar-refractivity contribution in [2.75, 3.05) is 18.6 Å². The topological polar surface area (TPSA) is 68.7 Å². The minimum absolute atomic E-state index is 0.0556. The van der Waals surface area contributed by atoms with Gasteiger partial charge in [-0.15, -0.1) is 0 Å². The molecule has 0 saturated carbocycles. The van der Waals surface area contributed by atoms with Gasteiger partial charge in [0.1, 0.15) is 5.75 Å². The van der Waals surface area contributed by atoms with Crippen LogP contribution in [0, 0.1) is 0 Å². The van der Waals surface area contributed by atoms with E-state index in [2.05, 4.69) is 10.1 Å². The number of aryl methyl sites for hydroxylation is 1. The third-order valence-electron chi connectivity index (χ3n) is 3.44. The second kappa shape index (κ2) is 4.88. The van der Waals surface area contributed by atoms with Crippen molar-refractivity contribution in [3.05, 3.63) is 42.2 Å². The lowest BCUT2D eigenvalue weighted by Gasteiger charge is -2.27. The summed E-state index contributed by atoms with van der Waals surface area (Å²) in [6.45, 7) is 0.621. The average molecular weight is 271 g/mol. The number of benzene rings is 1. The number of anilines is 1. The van der Waals surface area contributed by atoms with Crippen molar-refractivity contribution in [2.45, 2.75) is 6.04 Å². The molecule has 6 nitrogen and oxygen atoms in total. The van der Waals surface area contributed by atoms with Gasteiger partial charge in [-0.05, 0) is 12.1 Å². The zero-order chi connectivity index (χ0) is 14.1. The van der Waals surface area contributed by atoms with Gasteiger partial charge in [0, 0.05) is 18.8 Å². The first-order chi connectivity index (χ1) is 9.70. The van der Waals surface area contributed by atoms with Crippen molar-refractivity contribution in [3.8, 4) is 5.75 Å². The summed E-state index contributed by atoms with van der Waals surface area (Å²) >= 11 is 0. The second-order valence-corrected chi connectivity index (χ2v) is 4.70. The highest BCUT2D eigenvalue weighted by Gasteiger charge is 2.31. The maximum Gasteiger partial charge on any atom is 0.196 e. The number of guanidine groups is 1. The van der Waals surface area contributed by atoms with Crippen LogP contribution in [0.5, 0.6) is 5.75 Å². The van der Waals surface area contributed by atoms with E-state index < -0.39 is 0 Å². The van der Waals surface area contributed by atoms with E-state index >= 15 is 0 Å². The summed E-state index contributed by atoms with van der Waals surface area (Å²) < 4.78 is 7.20. The van der Waals surface area contributed by atoms with E-state index in [1.807, 2.05) is 48.6 Å². The van der Waals surface area contributed by atoms with E-state index in [0.29, 0.717) is 12.5 Å². The summed E-state index contributed by atoms with van der Waals surface area (Å²) in [5.41, 5.74) is 8.07. The van der Waals surface area contributed by atoms with E-state index in [1.165, 1.54) is 0 Å². The summed E-state index contributed by atoms with van der Waals surface area (Å²) in [5.74, 6) is 1.28. The molecule has 1 aliphatic heterocycles. The predicted molar refractivity (Wildman–Crippen MR) is 77.9 cm³/mol. The van der Waals surface area contributed by atoms with Crippen LogP contribution in [0.1, 0.15) is 11.6 Å². The summed E-state index contributed by atoms with van der Waals surface area (Å²) in [6.07, 6.45) is 3.84. The van der Waals surface area contributed by atoms with Crippen molar-refractivity contribution in [3.63, 3.8) is 0 Å². The lowest BCUT2D eigenvalue weighted by atomic mass is 10.1. The van der Waals surface area contributed by atoms with Crippen LogP contribution in [0.4, 0.5) is 5.69 Å². The molecule has 0 saturated heterocycles. The van der Waals surface area contributed by atoms with Gasteiger partial charge < -0.3 is 10.5 Å². The molecule has 1 aromatic carbocycles. The number of rotatable bonds is 3. The highest BCUT2D eigenvalue weighted by atomic mass is 16.5. The molecule has 20 heavy (non-hydrogen) atoms. The van der Waals surface area contributed by atoms with Crippen LogP contribution in [0.2, 0.25) is 0 Å². The van der Waals surface area contributed by atoms with Gasteiger partial charge in [0.2, 0.25) is 0 Å². The fourth-order valence-electron chi connectivity index (χ4n) is 2.48. The minimum Gasteiger partial charge on any atom is -0.495 e. The fraction of sp³-hybridized carbons (Fsp3) is 0.286. The van der Waals surface area contributed by atoms with Crippen molar-refractivity contribution in [1.29, 1.82) is 0 Å². The standard InChI is InChI=1S/C14H17N5O/c1-18-9-10(7-17-18)12-8-16-14(15)19(12)11-5-3-4-6-13(11)20-2/h3-7,9,12H,8H2,1-2H3,(H2,15,16). The van der Waals surface area contributed by atoms with Crippen molar-refractivity contribution in [2.24, 2.45) is 17.8 Å². The number of hydrogen-bond acceptors (Lipinski definition) is 5. The van der Waals surface area contributed by atoms with Gasteiger partial charge >= 0.3 is 0 Å². The molecule has 0 bridgehead atoms. The minimum atomic E-state index is 0.0556. The Kier molecular flexibility index (Phi) is 3.06. The lowest BCUT2D eigenvalue weighted by molar-refractivity contribution is 0.415. The first-order valence-electron chi connectivity index (χ1n) is 6.41. The van der Waals surface area contributed by atoms with Crippen LogP contribution in [-0.2, 0) is 7.05 Å². The van der Waals surface area contributed by atoms with E-state index in [0.717, 1.165) is 17.0 Å². The summed E-state index contributed by atoms with van der Waals surface area (Å²) in [5, 5.41) is 4.22. The number of nitrogens with zero attached hydrogens (tertiary/aromatic N) is 4. The van der Waals surface area contributed by atoms with Crippen molar-refractivity contribution >= 4 is 11.6 Å². The van der Waals surface area contributed by atoms with Crippen molar-refractivity contribution < 1.29 is 4.74 Å². The van der Waals surface area contributed by atoms with Gasteiger partial charge in [-0.1, -0.05) is 12.1 Å². The van der Waals surface area contributed by atoms with E-state index in [-0.39, 0.29) is 6.04 Å². The van der Waals surface area contributed by atoms with Gasteiger partial charge in [-0.25, -0.2) is 0 Å². The molecule has 0 spiro atoms. The van der Waals surface area contributed by atoms with Crippen molar-refractivity contribution in [1.82, 2.24) is 9.78 Å². The van der Waals surface area contributed by atoms with E-state index in [4.69, 9.17) is 10.5 Å². The Hall–Kier alpha value is -2.50. The molecule has 1 aromatic heterocycles. The quantitative estimate of drug-likeness (QED) is 0.913. The fourth-order valence-corrected chi connectivity index (χ4v) is 2.48. The number of para-hydroxylation sites is 2. The number of aromatic nitrogens is 2. The Labute approximate surface area is 117 Å². The number of aliphatic imine (C=N–C) groups is 1. The van der Waals surface area contributed by atoms with Crippen LogP contribution >= 0.6 is 0 Å². The van der Waals surface area contributed by atoms with Gasteiger partial charge in [0.15, 0.2) is 5.96 Å². The molecule has 1 aliphatic rings. The largest absolute Gasteiger partial charge is 0.495 e. The zero-order valence-corrected chi connectivity index (χ0v) is 11.5. The number of ether oxygens (including phenoxy) is 1. The molecular weight excluding hydrogens is 254 g/mol. The summed E-state index contributed by atoms with van der Waals surface area (Å²) in [7, 11) is 3.55. The normalized spacial score (nSPS) is 18.2. The van der Waals surface area contributed by atoms with Crippen LogP contribution in [0.15, 0.2) is 41.7 Å². The lowest BCUT2D eigenvalue weighted by Crippen LogP contribution is -2.36. The molecule has 2 N–H and O–H groups in total. The molecule has 0 aliphatic carbocycles. The maximum atomic E-state index is 6.06. The van der Waals surface area contributed by atoms with E-state index in [9.17, 15) is 0 Å². The Morgan fingerprint density at radius 2 is 2.15 bits per heavy atom. The third-order valence-corrected chi connectivity index (χ3v) is 3.44. The Morgan fingerprint density at radius 1 is 1.35 bits per heavy atom. The van der Waals surface area contributed by atoms with Crippen LogP contribution < -0.4 is 15.4 Å². The number of methoxy groups -OCH3 is 1. The molecule has 104 valence electrons. The number of nitrogens with two attached hydrogens (primary N) is 1. The van der Waals surface area contributed by atoms with Crippen LogP contribution in [0.3, 0.4) is 0 Å². The number of hydrogen-bond donors (Lipinski definition) is 1. The molecule has 2 heterocycles. The predicted octanol–water partition coefficient (Wildman–Crippen LogP) is 1.30. The Morgan fingerprint density at radius 3 is 2.85 bits per heavy atom. The van der Waals surface area contributed by atoms with Gasteiger partial charge in [0.25, 0.3) is 0 Å². The molecule has 6 heteroatoms. The molecule has 0 radical (unpaired) electrons. The molecule has 3 rings (SSSR count). The summed E-state index contributed by atoms with van der Waals surface area (Å²) in [6, 6.07) is 7.85. The SMILES string of the molecule is COc1ccccc1N1C(N)=NCC1c1cnn(C)c1. The Balaban J connectivity index is 2.02. The monoisotopic (exact) mass is 271 g/mol. The molecule has 1 atom stereocenters. The highest BCUT2D eigenvalue weighted by Crippen LogP contribution is 2.36.